The standard InChI is InChI=1S/C24H45NO5/c1-5-6-7-8-9-10-11-12-13-14-15-16-17-18-24(30-22(4)28)23(25-20(2)26)19-29-21(3)27/h23-24H,5-19H2,1-4H3,(H,25,26)/t23-,24+/m0/s1. The zero-order valence-electron chi connectivity index (χ0n) is 19.8. The third-order valence-corrected chi connectivity index (χ3v) is 5.21. The monoisotopic (exact) mass is 427 g/mol. The van der Waals surface area contributed by atoms with Gasteiger partial charge in [-0.1, -0.05) is 84.0 Å². The van der Waals surface area contributed by atoms with E-state index in [0.717, 1.165) is 19.3 Å². The third kappa shape index (κ3) is 18.4. The van der Waals surface area contributed by atoms with E-state index in [9.17, 15) is 14.4 Å². The van der Waals surface area contributed by atoms with E-state index in [0.29, 0.717) is 6.42 Å². The Morgan fingerprint density at radius 1 is 0.700 bits per heavy atom. The van der Waals surface area contributed by atoms with Crippen LogP contribution in [0.15, 0.2) is 0 Å². The van der Waals surface area contributed by atoms with Crippen LogP contribution in [0, 0.1) is 0 Å². The molecule has 6 nitrogen and oxygen atoms in total. The van der Waals surface area contributed by atoms with Crippen molar-refractivity contribution in [3.63, 3.8) is 0 Å². The van der Waals surface area contributed by atoms with E-state index < -0.39 is 24.1 Å². The molecular formula is C24H45NO5. The number of carbonyl (C=O) groups excluding carboxylic acids is 3. The zero-order valence-corrected chi connectivity index (χ0v) is 19.8. The van der Waals surface area contributed by atoms with E-state index in [4.69, 9.17) is 9.47 Å². The maximum atomic E-state index is 11.5. The second-order valence-electron chi connectivity index (χ2n) is 8.29. The van der Waals surface area contributed by atoms with E-state index in [1.165, 1.54) is 85.0 Å². The van der Waals surface area contributed by atoms with Crippen LogP contribution in [-0.4, -0.2) is 36.6 Å². The molecule has 0 aliphatic carbocycles. The van der Waals surface area contributed by atoms with Crippen molar-refractivity contribution in [1.29, 1.82) is 0 Å². The van der Waals surface area contributed by atoms with E-state index in [-0.39, 0.29) is 12.5 Å². The van der Waals surface area contributed by atoms with Gasteiger partial charge in [0, 0.05) is 20.8 Å². The lowest BCUT2D eigenvalue weighted by Gasteiger charge is -2.27. The molecule has 0 aromatic rings. The smallest absolute Gasteiger partial charge is 0.302 e. The zero-order chi connectivity index (χ0) is 22.6. The average molecular weight is 428 g/mol. The number of nitrogens with one attached hydrogen (secondary N) is 1. The normalized spacial score (nSPS) is 12.8. The minimum Gasteiger partial charge on any atom is -0.464 e. The van der Waals surface area contributed by atoms with Gasteiger partial charge in [0.15, 0.2) is 0 Å². The van der Waals surface area contributed by atoms with Gasteiger partial charge in [0.05, 0.1) is 6.04 Å². The number of hydrogen-bond donors (Lipinski definition) is 1. The minimum absolute atomic E-state index is 0.00526. The molecule has 30 heavy (non-hydrogen) atoms. The van der Waals surface area contributed by atoms with Gasteiger partial charge < -0.3 is 14.8 Å². The van der Waals surface area contributed by atoms with Crippen LogP contribution >= 0.6 is 0 Å². The number of hydrogen-bond acceptors (Lipinski definition) is 5. The summed E-state index contributed by atoms with van der Waals surface area (Å²) in [7, 11) is 0. The molecule has 0 saturated heterocycles. The third-order valence-electron chi connectivity index (χ3n) is 5.21. The molecule has 1 N–H and O–H groups in total. The molecule has 1 amide bonds. The van der Waals surface area contributed by atoms with Crippen molar-refractivity contribution in [2.75, 3.05) is 6.61 Å². The molecule has 0 saturated carbocycles. The number of carbonyl (C=O) groups is 3. The summed E-state index contributed by atoms with van der Waals surface area (Å²) in [6, 6.07) is -0.521. The molecule has 0 aromatic heterocycles. The Labute approximate surface area is 183 Å². The maximum absolute atomic E-state index is 11.5. The molecule has 0 spiro atoms. The summed E-state index contributed by atoms with van der Waals surface area (Å²) < 4.78 is 10.4. The molecule has 0 aromatic carbocycles. The van der Waals surface area contributed by atoms with Crippen molar-refractivity contribution >= 4 is 17.8 Å². The van der Waals surface area contributed by atoms with Crippen molar-refractivity contribution in [3.8, 4) is 0 Å². The van der Waals surface area contributed by atoms with Crippen LogP contribution in [0.1, 0.15) is 118 Å². The van der Waals surface area contributed by atoms with Crippen molar-refractivity contribution in [2.45, 2.75) is 130 Å². The fourth-order valence-electron chi connectivity index (χ4n) is 3.63. The van der Waals surface area contributed by atoms with E-state index in [1.807, 2.05) is 0 Å². The van der Waals surface area contributed by atoms with Crippen LogP contribution in [-0.2, 0) is 23.9 Å². The highest BCUT2D eigenvalue weighted by molar-refractivity contribution is 5.73. The Kier molecular flexibility index (Phi) is 18.4. The van der Waals surface area contributed by atoms with Crippen LogP contribution in [0.5, 0.6) is 0 Å². The first kappa shape index (κ1) is 28.4. The van der Waals surface area contributed by atoms with E-state index >= 15 is 0 Å². The Morgan fingerprint density at radius 3 is 1.57 bits per heavy atom. The summed E-state index contributed by atoms with van der Waals surface area (Å²) in [5.41, 5.74) is 0. The molecule has 176 valence electrons. The predicted octanol–water partition coefficient (Wildman–Crippen LogP) is 5.47. The number of amides is 1. The highest BCUT2D eigenvalue weighted by Crippen LogP contribution is 2.16. The van der Waals surface area contributed by atoms with Gasteiger partial charge >= 0.3 is 11.9 Å². The van der Waals surface area contributed by atoms with Gasteiger partial charge in [-0.2, -0.15) is 0 Å². The first-order valence-electron chi connectivity index (χ1n) is 11.9. The largest absolute Gasteiger partial charge is 0.464 e. The van der Waals surface area contributed by atoms with E-state index in [2.05, 4.69) is 12.2 Å². The van der Waals surface area contributed by atoms with E-state index in [1.54, 1.807) is 0 Å². The second kappa shape index (κ2) is 19.4. The molecule has 2 atom stereocenters. The average Bonchev–Trinajstić information content (AvgIpc) is 2.67. The fourth-order valence-corrected chi connectivity index (χ4v) is 3.63. The Balaban J connectivity index is 4.03. The molecule has 0 fully saturated rings. The SMILES string of the molecule is CCCCCCCCCCCCCCC[C@@H](OC(C)=O)[C@H](COC(C)=O)NC(C)=O. The van der Waals surface area contributed by atoms with Crippen LogP contribution in [0.4, 0.5) is 0 Å². The highest BCUT2D eigenvalue weighted by Gasteiger charge is 2.26. The first-order chi connectivity index (χ1) is 14.4. The van der Waals surface area contributed by atoms with Gasteiger partial charge in [-0.25, -0.2) is 0 Å². The lowest BCUT2D eigenvalue weighted by atomic mass is 10.0. The molecule has 0 heterocycles. The number of rotatable bonds is 19. The van der Waals surface area contributed by atoms with Gasteiger partial charge in [-0.15, -0.1) is 0 Å². The summed E-state index contributed by atoms with van der Waals surface area (Å²) >= 11 is 0. The summed E-state index contributed by atoms with van der Waals surface area (Å²) in [5, 5.41) is 2.74. The molecule has 6 heteroatoms. The van der Waals surface area contributed by atoms with Crippen LogP contribution in [0.3, 0.4) is 0 Å². The summed E-state index contributed by atoms with van der Waals surface area (Å²) in [4.78, 5) is 34.1. The fraction of sp³-hybridized carbons (Fsp3) is 0.875. The lowest BCUT2D eigenvalue weighted by Crippen LogP contribution is -2.47. The maximum Gasteiger partial charge on any atom is 0.302 e. The van der Waals surface area contributed by atoms with Gasteiger partial charge in [0.2, 0.25) is 5.91 Å². The summed E-state index contributed by atoms with van der Waals surface area (Å²) in [5.74, 6) is -1.06. The topological polar surface area (TPSA) is 81.7 Å². The van der Waals surface area contributed by atoms with Gasteiger partial charge in [0.1, 0.15) is 12.7 Å². The van der Waals surface area contributed by atoms with Crippen LogP contribution in [0.25, 0.3) is 0 Å². The second-order valence-corrected chi connectivity index (χ2v) is 8.29. The Bertz CT molecular complexity index is 467. The van der Waals surface area contributed by atoms with Crippen molar-refractivity contribution in [2.24, 2.45) is 0 Å². The van der Waals surface area contributed by atoms with Crippen LogP contribution < -0.4 is 5.32 Å². The molecular weight excluding hydrogens is 382 g/mol. The molecule has 0 rings (SSSR count). The number of unbranched alkanes of at least 4 members (excludes halogenated alkanes) is 12. The molecule has 0 unspecified atom stereocenters. The van der Waals surface area contributed by atoms with Gasteiger partial charge in [-0.3, -0.25) is 14.4 Å². The van der Waals surface area contributed by atoms with Crippen molar-refractivity contribution in [3.05, 3.63) is 0 Å². The summed E-state index contributed by atoms with van der Waals surface area (Å²) in [6.07, 6.45) is 16.6. The lowest BCUT2D eigenvalue weighted by molar-refractivity contribution is -0.152. The van der Waals surface area contributed by atoms with Crippen LogP contribution in [0.2, 0.25) is 0 Å². The number of esters is 2. The van der Waals surface area contributed by atoms with Crippen molar-refractivity contribution in [1.82, 2.24) is 5.32 Å². The number of ether oxygens (including phenoxy) is 2. The quantitative estimate of drug-likeness (QED) is 0.218. The Hall–Kier alpha value is -1.59. The predicted molar refractivity (Wildman–Crippen MR) is 120 cm³/mol. The first-order valence-corrected chi connectivity index (χ1v) is 11.9. The van der Waals surface area contributed by atoms with Gasteiger partial charge in [0.25, 0.3) is 0 Å². The molecule has 0 aliphatic rings. The summed E-state index contributed by atoms with van der Waals surface area (Å²) in [6.45, 7) is 6.33. The molecule has 0 aliphatic heterocycles. The highest BCUT2D eigenvalue weighted by atomic mass is 16.6. The molecule has 0 radical (unpaired) electrons. The minimum atomic E-state index is -0.521. The Morgan fingerprint density at radius 2 is 1.17 bits per heavy atom. The van der Waals surface area contributed by atoms with Crippen molar-refractivity contribution < 1.29 is 23.9 Å². The van der Waals surface area contributed by atoms with Gasteiger partial charge in [-0.05, 0) is 12.8 Å². The molecule has 0 bridgehead atoms.